The molecule has 2 N–H and O–H groups in total. The van der Waals surface area contributed by atoms with E-state index >= 15 is 0 Å². The number of rotatable bonds is 3. The Morgan fingerprint density at radius 2 is 2.22 bits per heavy atom. The number of halogens is 1. The summed E-state index contributed by atoms with van der Waals surface area (Å²) in [4.78, 5) is 1.10. The molecule has 18 heavy (non-hydrogen) atoms. The normalized spacial score (nSPS) is 21.6. The average Bonchev–Trinajstić information content (AvgIpc) is 2.78. The minimum Gasteiger partial charge on any atom is -0.327 e. The molecule has 1 aliphatic heterocycles. The first kappa shape index (κ1) is 15.9. The van der Waals surface area contributed by atoms with Gasteiger partial charge in [-0.1, -0.05) is 6.92 Å². The van der Waals surface area contributed by atoms with E-state index in [-0.39, 0.29) is 18.4 Å². The average molecular weight is 311 g/mol. The van der Waals surface area contributed by atoms with Crippen LogP contribution in [0.1, 0.15) is 24.6 Å². The molecule has 7 heteroatoms. The zero-order chi connectivity index (χ0) is 12.5. The molecular weight excluding hydrogens is 292 g/mol. The van der Waals surface area contributed by atoms with E-state index in [1.165, 1.54) is 15.6 Å². The van der Waals surface area contributed by atoms with E-state index in [0.29, 0.717) is 17.3 Å². The van der Waals surface area contributed by atoms with Crippen molar-refractivity contribution < 1.29 is 8.42 Å². The van der Waals surface area contributed by atoms with Crippen molar-refractivity contribution in [2.75, 3.05) is 13.1 Å². The fraction of sp³-hybridized carbons (Fsp3) is 0.636. The summed E-state index contributed by atoms with van der Waals surface area (Å²) >= 11 is 1.36. The van der Waals surface area contributed by atoms with E-state index in [4.69, 9.17) is 5.73 Å². The van der Waals surface area contributed by atoms with Crippen molar-refractivity contribution in [1.29, 1.82) is 0 Å². The van der Waals surface area contributed by atoms with Gasteiger partial charge in [-0.3, -0.25) is 0 Å². The lowest BCUT2D eigenvalue weighted by molar-refractivity contribution is 0.316. The minimum atomic E-state index is -3.31. The van der Waals surface area contributed by atoms with Crippen LogP contribution < -0.4 is 5.73 Å². The van der Waals surface area contributed by atoms with Gasteiger partial charge in [0.05, 0.1) is 0 Å². The number of hydrogen-bond donors (Lipinski definition) is 1. The Hall–Kier alpha value is -0.140. The van der Waals surface area contributed by atoms with Crippen LogP contribution in [0.3, 0.4) is 0 Å². The molecule has 0 saturated carbocycles. The van der Waals surface area contributed by atoms with Gasteiger partial charge in [0.1, 0.15) is 4.21 Å². The molecule has 0 spiro atoms. The molecule has 1 atom stereocenters. The van der Waals surface area contributed by atoms with Gasteiger partial charge in [0, 0.05) is 24.0 Å². The number of nitrogens with zero attached hydrogens (tertiary/aromatic N) is 1. The molecule has 104 valence electrons. The van der Waals surface area contributed by atoms with E-state index in [1.807, 2.05) is 13.0 Å². The number of nitrogens with two attached hydrogens (primary N) is 1. The molecular formula is C11H19ClN2O2S2. The molecule has 4 nitrogen and oxygen atoms in total. The number of hydrogen-bond acceptors (Lipinski definition) is 4. The van der Waals surface area contributed by atoms with E-state index in [0.717, 1.165) is 24.1 Å². The van der Waals surface area contributed by atoms with Crippen LogP contribution in [-0.2, 0) is 16.4 Å². The highest BCUT2D eigenvalue weighted by molar-refractivity contribution is 7.91. The van der Waals surface area contributed by atoms with E-state index in [1.54, 1.807) is 6.07 Å². The van der Waals surface area contributed by atoms with E-state index in [2.05, 4.69) is 0 Å². The van der Waals surface area contributed by atoms with Crippen LogP contribution in [0.25, 0.3) is 0 Å². The predicted molar refractivity (Wildman–Crippen MR) is 76.9 cm³/mol. The van der Waals surface area contributed by atoms with Gasteiger partial charge in [0.2, 0.25) is 0 Å². The molecule has 1 aromatic rings. The van der Waals surface area contributed by atoms with Crippen molar-refractivity contribution in [3.63, 3.8) is 0 Å². The third-order valence-electron chi connectivity index (χ3n) is 3.00. The topological polar surface area (TPSA) is 63.4 Å². The van der Waals surface area contributed by atoms with Gasteiger partial charge in [-0.25, -0.2) is 8.42 Å². The molecule has 0 bridgehead atoms. The van der Waals surface area contributed by atoms with Crippen molar-refractivity contribution in [1.82, 2.24) is 4.31 Å². The first-order valence-corrected chi connectivity index (χ1v) is 8.14. The Bertz CT molecular complexity index is 487. The second-order valence-corrected chi connectivity index (χ2v) is 7.67. The van der Waals surface area contributed by atoms with Crippen LogP contribution in [0.5, 0.6) is 0 Å². The highest BCUT2D eigenvalue weighted by atomic mass is 35.5. The molecule has 1 aromatic heterocycles. The molecule has 0 amide bonds. The highest BCUT2D eigenvalue weighted by Crippen LogP contribution is 2.26. The second kappa shape index (κ2) is 6.34. The largest absolute Gasteiger partial charge is 0.327 e. The zero-order valence-corrected chi connectivity index (χ0v) is 12.8. The smallest absolute Gasteiger partial charge is 0.252 e. The monoisotopic (exact) mass is 310 g/mol. The Balaban J connectivity index is 0.00000162. The fourth-order valence-corrected chi connectivity index (χ4v) is 4.99. The lowest BCUT2D eigenvalue weighted by Gasteiger charge is -2.29. The lowest BCUT2D eigenvalue weighted by atomic mass is 10.1. The molecule has 0 aromatic carbocycles. The van der Waals surface area contributed by atoms with Crippen LogP contribution in [0.2, 0.25) is 0 Å². The van der Waals surface area contributed by atoms with Gasteiger partial charge in [-0.2, -0.15) is 4.31 Å². The van der Waals surface area contributed by atoms with Gasteiger partial charge in [0.15, 0.2) is 0 Å². The van der Waals surface area contributed by atoms with Gasteiger partial charge in [-0.15, -0.1) is 23.7 Å². The van der Waals surface area contributed by atoms with Crippen LogP contribution in [0, 0.1) is 0 Å². The van der Waals surface area contributed by atoms with Gasteiger partial charge in [-0.05, 0) is 31.4 Å². The highest BCUT2D eigenvalue weighted by Gasteiger charge is 2.29. The molecule has 1 saturated heterocycles. The Kier molecular flexibility index (Phi) is 5.61. The Morgan fingerprint density at radius 1 is 1.50 bits per heavy atom. The van der Waals surface area contributed by atoms with Crippen LogP contribution in [-0.4, -0.2) is 31.9 Å². The van der Waals surface area contributed by atoms with Crippen molar-refractivity contribution in [2.24, 2.45) is 5.73 Å². The number of piperidine rings is 1. The third kappa shape index (κ3) is 3.24. The summed E-state index contributed by atoms with van der Waals surface area (Å²) in [7, 11) is -3.31. The third-order valence-corrected chi connectivity index (χ3v) is 6.56. The zero-order valence-electron chi connectivity index (χ0n) is 10.3. The number of thiophene rings is 1. The van der Waals surface area contributed by atoms with Gasteiger partial charge < -0.3 is 5.73 Å². The maximum atomic E-state index is 12.3. The quantitative estimate of drug-likeness (QED) is 0.926. The van der Waals surface area contributed by atoms with E-state index < -0.39 is 10.0 Å². The van der Waals surface area contributed by atoms with Gasteiger partial charge in [0.25, 0.3) is 10.0 Å². The number of sulfonamides is 1. The Labute approximate surface area is 119 Å². The van der Waals surface area contributed by atoms with Crippen molar-refractivity contribution >= 4 is 33.8 Å². The van der Waals surface area contributed by atoms with Crippen LogP contribution in [0.15, 0.2) is 16.3 Å². The summed E-state index contributed by atoms with van der Waals surface area (Å²) in [6.07, 6.45) is 2.64. The second-order valence-electron chi connectivity index (χ2n) is 4.34. The first-order chi connectivity index (χ1) is 8.04. The van der Waals surface area contributed by atoms with Gasteiger partial charge >= 0.3 is 0 Å². The lowest BCUT2D eigenvalue weighted by Crippen LogP contribution is -2.45. The molecule has 1 fully saturated rings. The SMILES string of the molecule is CCc1ccc(S(=O)(=O)N2CCCC(N)C2)s1.Cl. The standard InChI is InChI=1S/C11H18N2O2S2.ClH/c1-2-10-5-6-11(16-10)17(14,15)13-7-3-4-9(12)8-13;/h5-6,9H,2-4,7-8,12H2,1H3;1H. The summed E-state index contributed by atoms with van der Waals surface area (Å²) in [6.45, 7) is 3.07. The van der Waals surface area contributed by atoms with Crippen molar-refractivity contribution in [2.45, 2.75) is 36.4 Å². The Morgan fingerprint density at radius 3 is 2.78 bits per heavy atom. The van der Waals surface area contributed by atoms with E-state index in [9.17, 15) is 8.42 Å². The molecule has 2 rings (SSSR count). The number of aryl methyl sites for hydroxylation is 1. The summed E-state index contributed by atoms with van der Waals surface area (Å²) in [6, 6.07) is 3.57. The molecule has 0 aliphatic carbocycles. The molecule has 1 aliphatic rings. The summed E-state index contributed by atoms with van der Waals surface area (Å²) in [5, 5.41) is 0. The maximum absolute atomic E-state index is 12.3. The summed E-state index contributed by atoms with van der Waals surface area (Å²) in [5.41, 5.74) is 5.83. The minimum absolute atomic E-state index is 0. The fourth-order valence-electron chi connectivity index (χ4n) is 2.01. The van der Waals surface area contributed by atoms with Crippen LogP contribution >= 0.6 is 23.7 Å². The molecule has 2 heterocycles. The predicted octanol–water partition coefficient (Wildman–Crippen LogP) is 1.84. The van der Waals surface area contributed by atoms with Crippen molar-refractivity contribution in [3.8, 4) is 0 Å². The summed E-state index contributed by atoms with van der Waals surface area (Å²) < 4.78 is 26.7. The van der Waals surface area contributed by atoms with Crippen LogP contribution in [0.4, 0.5) is 0 Å². The molecule has 1 unspecified atom stereocenters. The maximum Gasteiger partial charge on any atom is 0.252 e. The van der Waals surface area contributed by atoms with Crippen molar-refractivity contribution in [3.05, 3.63) is 17.0 Å². The molecule has 0 radical (unpaired) electrons. The first-order valence-electron chi connectivity index (χ1n) is 5.88. The summed E-state index contributed by atoms with van der Waals surface area (Å²) in [5.74, 6) is 0.